The van der Waals surface area contributed by atoms with Gasteiger partial charge in [-0.1, -0.05) is 60.7 Å². The monoisotopic (exact) mass is 349 g/mol. The number of amides is 1. The van der Waals surface area contributed by atoms with Gasteiger partial charge >= 0.3 is 12.1 Å². The van der Waals surface area contributed by atoms with Crippen LogP contribution in [0.3, 0.4) is 0 Å². The highest BCUT2D eigenvalue weighted by atomic mass is 16.6. The van der Waals surface area contributed by atoms with Crippen LogP contribution in [0.25, 0.3) is 10.8 Å². The summed E-state index contributed by atoms with van der Waals surface area (Å²) in [4.78, 5) is 24.0. The van der Waals surface area contributed by atoms with Crippen LogP contribution in [-0.4, -0.2) is 18.1 Å². The van der Waals surface area contributed by atoms with E-state index in [1.807, 2.05) is 60.7 Å². The Morgan fingerprint density at radius 2 is 1.62 bits per heavy atom. The molecule has 0 bridgehead atoms. The largest absolute Gasteiger partial charge is 0.445 e. The second-order valence-electron chi connectivity index (χ2n) is 5.86. The zero-order chi connectivity index (χ0) is 18.4. The molecule has 5 nitrogen and oxygen atoms in total. The van der Waals surface area contributed by atoms with Gasteiger partial charge in [0.25, 0.3) is 0 Å². The lowest BCUT2D eigenvalue weighted by molar-refractivity contribution is -0.136. The van der Waals surface area contributed by atoms with Crippen LogP contribution in [0.1, 0.15) is 12.5 Å². The molecule has 0 heterocycles. The Balaban J connectivity index is 1.52. The van der Waals surface area contributed by atoms with Crippen molar-refractivity contribution in [3.63, 3.8) is 0 Å². The van der Waals surface area contributed by atoms with Crippen LogP contribution < -0.4 is 10.1 Å². The molecule has 0 fully saturated rings. The number of fused-ring (bicyclic) bond motifs is 1. The Morgan fingerprint density at radius 1 is 0.923 bits per heavy atom. The van der Waals surface area contributed by atoms with Crippen LogP contribution >= 0.6 is 0 Å². The molecule has 0 saturated carbocycles. The van der Waals surface area contributed by atoms with E-state index in [4.69, 9.17) is 9.47 Å². The van der Waals surface area contributed by atoms with E-state index < -0.39 is 18.1 Å². The zero-order valence-corrected chi connectivity index (χ0v) is 14.3. The third-order valence-electron chi connectivity index (χ3n) is 3.84. The first-order valence-corrected chi connectivity index (χ1v) is 8.29. The summed E-state index contributed by atoms with van der Waals surface area (Å²) >= 11 is 0. The molecule has 1 N–H and O–H groups in total. The van der Waals surface area contributed by atoms with Crippen molar-refractivity contribution in [2.24, 2.45) is 0 Å². The number of rotatable bonds is 5. The van der Waals surface area contributed by atoms with Crippen LogP contribution in [0.4, 0.5) is 4.79 Å². The van der Waals surface area contributed by atoms with Gasteiger partial charge in [0.15, 0.2) is 0 Å². The highest BCUT2D eigenvalue weighted by Gasteiger charge is 2.18. The molecule has 132 valence electrons. The first-order valence-electron chi connectivity index (χ1n) is 8.29. The number of hydrogen-bond acceptors (Lipinski definition) is 4. The van der Waals surface area contributed by atoms with E-state index in [0.717, 1.165) is 16.3 Å². The van der Waals surface area contributed by atoms with E-state index in [9.17, 15) is 9.59 Å². The van der Waals surface area contributed by atoms with E-state index in [0.29, 0.717) is 5.75 Å². The second-order valence-corrected chi connectivity index (χ2v) is 5.86. The molecule has 3 rings (SSSR count). The van der Waals surface area contributed by atoms with Crippen molar-refractivity contribution in [1.29, 1.82) is 0 Å². The van der Waals surface area contributed by atoms with Crippen molar-refractivity contribution >= 4 is 22.8 Å². The number of carbonyl (C=O) groups is 2. The van der Waals surface area contributed by atoms with Gasteiger partial charge in [-0.05, 0) is 35.4 Å². The number of benzene rings is 3. The Hall–Kier alpha value is -3.34. The minimum Gasteiger partial charge on any atom is -0.445 e. The molecule has 1 atom stereocenters. The molecule has 0 saturated heterocycles. The van der Waals surface area contributed by atoms with E-state index in [-0.39, 0.29) is 6.61 Å². The third kappa shape index (κ3) is 4.60. The highest BCUT2D eigenvalue weighted by molar-refractivity contribution is 5.86. The van der Waals surface area contributed by atoms with E-state index in [2.05, 4.69) is 5.32 Å². The maximum Gasteiger partial charge on any atom is 0.408 e. The second kappa shape index (κ2) is 8.16. The van der Waals surface area contributed by atoms with Crippen LogP contribution in [0.15, 0.2) is 72.8 Å². The summed E-state index contributed by atoms with van der Waals surface area (Å²) in [7, 11) is 0. The van der Waals surface area contributed by atoms with E-state index >= 15 is 0 Å². The number of alkyl carbamates (subject to hydrolysis) is 1. The fraction of sp³-hybridized carbons (Fsp3) is 0.143. The van der Waals surface area contributed by atoms with Gasteiger partial charge in [0, 0.05) is 0 Å². The summed E-state index contributed by atoms with van der Waals surface area (Å²) in [6.45, 7) is 1.69. The summed E-state index contributed by atoms with van der Waals surface area (Å²) in [6.07, 6.45) is -0.670. The van der Waals surface area contributed by atoms with Gasteiger partial charge < -0.3 is 14.8 Å². The van der Waals surface area contributed by atoms with Gasteiger partial charge in [-0.2, -0.15) is 0 Å². The molecule has 26 heavy (non-hydrogen) atoms. The van der Waals surface area contributed by atoms with Crippen LogP contribution in [-0.2, 0) is 16.1 Å². The van der Waals surface area contributed by atoms with E-state index in [1.165, 1.54) is 0 Å². The Bertz CT molecular complexity index is 908. The molecule has 3 aromatic carbocycles. The topological polar surface area (TPSA) is 64.6 Å². The number of nitrogens with one attached hydrogen (secondary N) is 1. The van der Waals surface area contributed by atoms with Gasteiger partial charge in [-0.15, -0.1) is 0 Å². The zero-order valence-electron chi connectivity index (χ0n) is 14.3. The fourth-order valence-corrected chi connectivity index (χ4v) is 2.44. The number of hydrogen-bond donors (Lipinski definition) is 1. The average molecular weight is 349 g/mol. The molecule has 5 heteroatoms. The van der Waals surface area contributed by atoms with Gasteiger partial charge in [0.1, 0.15) is 18.4 Å². The van der Waals surface area contributed by atoms with Crippen LogP contribution in [0.2, 0.25) is 0 Å². The average Bonchev–Trinajstić information content (AvgIpc) is 2.67. The lowest BCUT2D eigenvalue weighted by Gasteiger charge is -2.13. The predicted molar refractivity (Wildman–Crippen MR) is 98.8 cm³/mol. The number of ether oxygens (including phenoxy) is 2. The number of carbonyl (C=O) groups excluding carboxylic acids is 2. The molecule has 0 aliphatic rings. The minimum atomic E-state index is -0.829. The molecule has 0 radical (unpaired) electrons. The molecule has 0 unspecified atom stereocenters. The molecule has 1 amide bonds. The third-order valence-corrected chi connectivity index (χ3v) is 3.84. The fourth-order valence-electron chi connectivity index (χ4n) is 2.44. The van der Waals surface area contributed by atoms with Gasteiger partial charge in [-0.3, -0.25) is 0 Å². The SMILES string of the molecule is C[C@H](NC(=O)OCc1ccccc1)C(=O)Oc1ccc2ccccc2c1. The lowest BCUT2D eigenvalue weighted by atomic mass is 10.1. The molecular weight excluding hydrogens is 330 g/mol. The first kappa shape index (κ1) is 17.5. The molecule has 0 aromatic heterocycles. The Kier molecular flexibility index (Phi) is 5.49. The van der Waals surface area contributed by atoms with Crippen molar-refractivity contribution < 1.29 is 19.1 Å². The summed E-state index contributed by atoms with van der Waals surface area (Å²) in [5.74, 6) is -0.128. The van der Waals surface area contributed by atoms with Gasteiger partial charge in [-0.25, -0.2) is 9.59 Å². The Labute approximate surface area is 151 Å². The van der Waals surface area contributed by atoms with Gasteiger partial charge in [0.2, 0.25) is 0 Å². The number of esters is 1. The lowest BCUT2D eigenvalue weighted by Crippen LogP contribution is -2.41. The normalized spacial score (nSPS) is 11.6. The Morgan fingerprint density at radius 3 is 2.38 bits per heavy atom. The minimum absolute atomic E-state index is 0.138. The predicted octanol–water partition coefficient (Wildman–Crippen LogP) is 4.06. The van der Waals surface area contributed by atoms with Crippen LogP contribution in [0.5, 0.6) is 5.75 Å². The van der Waals surface area contributed by atoms with Crippen molar-refractivity contribution in [1.82, 2.24) is 5.32 Å². The van der Waals surface area contributed by atoms with E-state index in [1.54, 1.807) is 19.1 Å². The molecule has 0 spiro atoms. The highest BCUT2D eigenvalue weighted by Crippen LogP contribution is 2.20. The summed E-state index contributed by atoms with van der Waals surface area (Å²) in [5, 5.41) is 4.50. The summed E-state index contributed by atoms with van der Waals surface area (Å²) in [6, 6.07) is 21.7. The van der Waals surface area contributed by atoms with Crippen molar-refractivity contribution in [2.75, 3.05) is 0 Å². The summed E-state index contributed by atoms with van der Waals surface area (Å²) in [5.41, 5.74) is 0.869. The van der Waals surface area contributed by atoms with Crippen LogP contribution in [0, 0.1) is 0 Å². The quantitative estimate of drug-likeness (QED) is 0.557. The first-order chi connectivity index (χ1) is 12.6. The smallest absolute Gasteiger partial charge is 0.408 e. The maximum atomic E-state index is 12.2. The van der Waals surface area contributed by atoms with Crippen molar-refractivity contribution in [2.45, 2.75) is 19.6 Å². The maximum absolute atomic E-state index is 12.2. The van der Waals surface area contributed by atoms with Gasteiger partial charge in [0.05, 0.1) is 0 Å². The molecular formula is C21H19NO4. The van der Waals surface area contributed by atoms with Crippen molar-refractivity contribution in [3.05, 3.63) is 78.4 Å². The van der Waals surface area contributed by atoms with Crippen molar-refractivity contribution in [3.8, 4) is 5.75 Å². The molecule has 3 aromatic rings. The standard InChI is InChI=1S/C21H19NO4/c1-15(22-21(24)25-14-16-7-3-2-4-8-16)20(23)26-19-12-11-17-9-5-6-10-18(17)13-19/h2-13,15H,14H2,1H3,(H,22,24)/t15-/m0/s1. The summed E-state index contributed by atoms with van der Waals surface area (Å²) < 4.78 is 10.4. The molecule has 0 aliphatic carbocycles. The molecule has 0 aliphatic heterocycles.